The minimum atomic E-state index is -3.14. The number of amides is 1. The van der Waals surface area contributed by atoms with E-state index in [-0.39, 0.29) is 48.0 Å². The van der Waals surface area contributed by atoms with Gasteiger partial charge >= 0.3 is 0 Å². The molecule has 1 unspecified atom stereocenters. The van der Waals surface area contributed by atoms with Crippen LogP contribution in [-0.2, 0) is 16.8 Å². The molecule has 210 valence electrons. The van der Waals surface area contributed by atoms with Crippen LogP contribution in [0, 0.1) is 5.82 Å². The van der Waals surface area contributed by atoms with Crippen molar-refractivity contribution < 1.29 is 32.2 Å². The Hall–Kier alpha value is -3.13. The number of hydrogen-bond acceptors (Lipinski definition) is 7. The highest BCUT2D eigenvalue weighted by Crippen LogP contribution is 2.49. The van der Waals surface area contributed by atoms with Gasteiger partial charge in [-0.15, -0.1) is 0 Å². The molecule has 0 radical (unpaired) electrons. The summed E-state index contributed by atoms with van der Waals surface area (Å²) in [6, 6.07) is 9.57. The fourth-order valence-electron chi connectivity index (χ4n) is 5.54. The first kappa shape index (κ1) is 27.4. The molecule has 1 aliphatic carbocycles. The van der Waals surface area contributed by atoms with Gasteiger partial charge in [0.1, 0.15) is 5.82 Å². The van der Waals surface area contributed by atoms with Crippen molar-refractivity contribution in [1.29, 1.82) is 0 Å². The molecule has 2 aliphatic rings. The molecule has 1 aliphatic heterocycles. The van der Waals surface area contributed by atoms with Crippen molar-refractivity contribution in [1.82, 2.24) is 14.8 Å². The van der Waals surface area contributed by atoms with Gasteiger partial charge in [0.05, 0.1) is 41.1 Å². The lowest BCUT2D eigenvalue weighted by Crippen LogP contribution is -2.49. The highest BCUT2D eigenvalue weighted by molar-refractivity contribution is 8.24. The predicted molar refractivity (Wildman–Crippen MR) is 142 cm³/mol. The molecule has 0 bridgehead atoms. The Bertz CT molecular complexity index is 1360. The maximum atomic E-state index is 14.8. The zero-order valence-corrected chi connectivity index (χ0v) is 21.9. The Morgan fingerprint density at radius 2 is 1.77 bits per heavy atom. The second kappa shape index (κ2) is 10.1. The Labute approximate surface area is 224 Å². The molecule has 1 aromatic carbocycles. The second-order valence-corrected chi connectivity index (χ2v) is 12.6. The number of nitrogens with zero attached hydrogens (tertiary/aromatic N) is 4. The van der Waals surface area contributed by atoms with E-state index in [2.05, 4.69) is 10.1 Å². The molecule has 1 atom stereocenters. The molecule has 39 heavy (non-hydrogen) atoms. The third kappa shape index (κ3) is 5.23. The van der Waals surface area contributed by atoms with Crippen molar-refractivity contribution in [3.63, 3.8) is 0 Å². The van der Waals surface area contributed by atoms with Gasteiger partial charge < -0.3 is 15.7 Å². The van der Waals surface area contributed by atoms with Gasteiger partial charge in [-0.05, 0) is 42.7 Å². The standard InChI is InChI=1S/C26H30F3N5O4S/c27-18-4-7-21(31-14-18)34-20(15-35)22(23(32-34)25(24(30)36)8-1-9-26(28,29)16-25)17-2-5-19(6-3-17)33-10-12-39(37,38)13-11-33/h2-7,14,35,37-38H,1,8-13,15-16H2,(H2,30,36). The van der Waals surface area contributed by atoms with Crippen LogP contribution in [0.25, 0.3) is 16.9 Å². The third-order valence-corrected chi connectivity index (χ3v) is 9.26. The SMILES string of the molecule is NC(=O)C1(c2nn(-c3ccc(F)cn3)c(CO)c2-c2ccc(N3CCS(O)(O)CC3)cc2)CCCC(F)(F)C1. The number of primary amides is 1. The van der Waals surface area contributed by atoms with Gasteiger partial charge in [0.15, 0.2) is 5.82 Å². The molecule has 13 heteroatoms. The van der Waals surface area contributed by atoms with Crippen LogP contribution in [0.3, 0.4) is 0 Å². The molecule has 3 aromatic rings. The molecule has 2 aromatic heterocycles. The molecule has 1 saturated carbocycles. The van der Waals surface area contributed by atoms with E-state index < -0.39 is 46.7 Å². The number of carbonyl (C=O) groups excluding carboxylic acids is 1. The fourth-order valence-corrected chi connectivity index (χ4v) is 6.77. The summed E-state index contributed by atoms with van der Waals surface area (Å²) in [5.74, 6) is -4.00. The first-order valence-electron chi connectivity index (χ1n) is 12.6. The largest absolute Gasteiger partial charge is 0.390 e. The molecule has 2 fully saturated rings. The van der Waals surface area contributed by atoms with Crippen molar-refractivity contribution in [3.05, 3.63) is 59.8 Å². The number of carbonyl (C=O) groups is 1. The van der Waals surface area contributed by atoms with Crippen LogP contribution in [0.2, 0.25) is 0 Å². The number of halogens is 3. The summed E-state index contributed by atoms with van der Waals surface area (Å²) in [5, 5.41) is 15.0. The average molecular weight is 566 g/mol. The molecular formula is C26H30F3N5O4S. The van der Waals surface area contributed by atoms with Crippen LogP contribution in [0.5, 0.6) is 0 Å². The number of aromatic nitrogens is 3. The number of aliphatic hydroxyl groups is 1. The minimum absolute atomic E-state index is 0.0178. The van der Waals surface area contributed by atoms with Crippen LogP contribution >= 0.6 is 10.6 Å². The number of alkyl halides is 2. The van der Waals surface area contributed by atoms with Crippen molar-refractivity contribution in [2.45, 2.75) is 43.6 Å². The molecule has 5 N–H and O–H groups in total. The quantitative estimate of drug-likeness (QED) is 0.354. The minimum Gasteiger partial charge on any atom is -0.390 e. The van der Waals surface area contributed by atoms with Gasteiger partial charge in [0, 0.05) is 37.2 Å². The molecule has 1 saturated heterocycles. The van der Waals surface area contributed by atoms with Crippen molar-refractivity contribution in [3.8, 4) is 16.9 Å². The number of pyridine rings is 1. The normalized spacial score (nSPS) is 23.4. The smallest absolute Gasteiger partial charge is 0.249 e. The van der Waals surface area contributed by atoms with E-state index in [1.807, 2.05) is 4.90 Å². The molecule has 0 spiro atoms. The second-order valence-electron chi connectivity index (χ2n) is 10.2. The maximum absolute atomic E-state index is 14.8. The third-order valence-electron chi connectivity index (χ3n) is 7.59. The van der Waals surface area contributed by atoms with E-state index in [4.69, 9.17) is 5.73 Å². The van der Waals surface area contributed by atoms with Crippen LogP contribution in [0.4, 0.5) is 18.9 Å². The summed E-state index contributed by atoms with van der Waals surface area (Å²) in [4.78, 5) is 19.0. The number of anilines is 1. The Morgan fingerprint density at radius 1 is 1.08 bits per heavy atom. The fraction of sp³-hybridized carbons (Fsp3) is 0.423. The predicted octanol–water partition coefficient (Wildman–Crippen LogP) is 4.07. The molecule has 3 heterocycles. The summed E-state index contributed by atoms with van der Waals surface area (Å²) < 4.78 is 64.2. The highest BCUT2D eigenvalue weighted by atomic mass is 32.3. The summed E-state index contributed by atoms with van der Waals surface area (Å²) in [5.41, 5.74) is 5.85. The van der Waals surface area contributed by atoms with Crippen LogP contribution in [0.15, 0.2) is 42.6 Å². The first-order valence-corrected chi connectivity index (χ1v) is 14.5. The van der Waals surface area contributed by atoms with Crippen LogP contribution < -0.4 is 10.6 Å². The summed E-state index contributed by atoms with van der Waals surface area (Å²) in [6.07, 6.45) is -0.113. The number of hydrogen-bond donors (Lipinski definition) is 4. The molecule has 9 nitrogen and oxygen atoms in total. The van der Waals surface area contributed by atoms with Gasteiger partial charge in [-0.2, -0.15) is 15.7 Å². The lowest BCUT2D eigenvalue weighted by molar-refractivity contribution is -0.133. The zero-order chi connectivity index (χ0) is 28.0. The monoisotopic (exact) mass is 565 g/mol. The molecule has 5 rings (SSSR count). The van der Waals surface area contributed by atoms with Crippen LogP contribution in [0.1, 0.15) is 37.1 Å². The summed E-state index contributed by atoms with van der Waals surface area (Å²) >= 11 is 0. The molecular weight excluding hydrogens is 535 g/mol. The number of nitrogens with two attached hydrogens (primary N) is 1. The van der Waals surface area contributed by atoms with E-state index in [0.29, 0.717) is 24.2 Å². The van der Waals surface area contributed by atoms with E-state index >= 15 is 0 Å². The van der Waals surface area contributed by atoms with Crippen molar-refractivity contribution in [2.24, 2.45) is 5.73 Å². The Balaban J connectivity index is 1.65. The summed E-state index contributed by atoms with van der Waals surface area (Å²) in [7, 11) is -2.57. The van der Waals surface area contributed by atoms with E-state index in [1.165, 1.54) is 10.7 Å². The Kier molecular flexibility index (Phi) is 7.12. The van der Waals surface area contributed by atoms with Gasteiger partial charge in [-0.3, -0.25) is 13.9 Å². The summed E-state index contributed by atoms with van der Waals surface area (Å²) in [6.45, 7) is 0.351. The molecule has 1 amide bonds. The maximum Gasteiger partial charge on any atom is 0.249 e. The van der Waals surface area contributed by atoms with Gasteiger partial charge in [-0.25, -0.2) is 22.8 Å². The lowest BCUT2D eigenvalue weighted by atomic mass is 9.68. The average Bonchev–Trinajstić information content (AvgIpc) is 3.28. The van der Waals surface area contributed by atoms with Crippen LogP contribution in [-0.4, -0.2) is 65.4 Å². The highest BCUT2D eigenvalue weighted by Gasteiger charge is 2.53. The van der Waals surface area contributed by atoms with Gasteiger partial charge in [0.2, 0.25) is 11.8 Å². The number of rotatable bonds is 6. The van der Waals surface area contributed by atoms with Crippen molar-refractivity contribution >= 4 is 22.2 Å². The van der Waals surface area contributed by atoms with E-state index in [1.54, 1.807) is 24.3 Å². The number of benzene rings is 1. The van der Waals surface area contributed by atoms with Gasteiger partial charge in [0.25, 0.3) is 0 Å². The van der Waals surface area contributed by atoms with E-state index in [0.717, 1.165) is 18.0 Å². The Morgan fingerprint density at radius 3 is 2.33 bits per heavy atom. The van der Waals surface area contributed by atoms with Crippen molar-refractivity contribution in [2.75, 3.05) is 29.5 Å². The zero-order valence-electron chi connectivity index (χ0n) is 21.1. The van der Waals surface area contributed by atoms with E-state index in [9.17, 15) is 32.2 Å². The van der Waals surface area contributed by atoms with Gasteiger partial charge in [-0.1, -0.05) is 12.1 Å². The topological polar surface area (TPSA) is 138 Å². The lowest BCUT2D eigenvalue weighted by Gasteiger charge is -2.42. The number of aliphatic hydroxyl groups excluding tert-OH is 1. The first-order chi connectivity index (χ1) is 18.4.